The van der Waals surface area contributed by atoms with E-state index in [0.717, 1.165) is 54.1 Å². The van der Waals surface area contributed by atoms with Crippen molar-refractivity contribution in [2.24, 2.45) is 5.41 Å². The molecule has 2 aromatic rings. The number of aromatic nitrogens is 1. The fraction of sp³-hybridized carbons (Fsp3) is 0.676. The molecular weight excluding hydrogens is 637 g/mol. The third-order valence-electron chi connectivity index (χ3n) is 12.5. The SMILES string of the molecule is CC(C)(C)[Si](C)(C)OC1CC2(CCC2)Cc2c1c1c(c(C3CCOCC3)[n+]2[O-])C(c2ccc(C(F)(F)F)c(C#N)c2)OC12CCOCC2. The van der Waals surface area contributed by atoms with Gasteiger partial charge in [-0.15, -0.1) is 0 Å². The molecule has 1 aromatic carbocycles. The van der Waals surface area contributed by atoms with Gasteiger partial charge in [-0.25, -0.2) is 0 Å². The molecule has 5 aliphatic rings. The molecule has 2 spiro atoms. The zero-order valence-corrected chi connectivity index (χ0v) is 29.7. The van der Waals surface area contributed by atoms with E-state index in [0.29, 0.717) is 69.8 Å². The minimum atomic E-state index is -4.67. The number of alkyl halides is 3. The zero-order chi connectivity index (χ0) is 34.3. The minimum Gasteiger partial charge on any atom is -0.618 e. The van der Waals surface area contributed by atoms with Crippen LogP contribution < -0.4 is 4.73 Å². The predicted molar refractivity (Wildman–Crippen MR) is 175 cm³/mol. The Kier molecular flexibility index (Phi) is 8.35. The van der Waals surface area contributed by atoms with Crippen molar-refractivity contribution in [2.45, 2.75) is 127 Å². The molecule has 0 radical (unpaired) electrons. The Morgan fingerprint density at radius 3 is 2.25 bits per heavy atom. The molecule has 260 valence electrons. The van der Waals surface area contributed by atoms with Gasteiger partial charge in [0.05, 0.1) is 40.0 Å². The maximum Gasteiger partial charge on any atom is 0.417 e. The standard InChI is InChI=1S/C37H47F3N2O5Si/c1-34(2,3)48(4,5)47-28-21-35(11-6-12-35)20-27-29(28)31-30(32(42(27)43)23-9-15-44-16-10-23)33(46-36(31)13-17-45-18-14-36)24-7-8-26(37(38,39)40)25(19-24)22-41/h7-8,19,23,28,33H,6,9-18,20-21H2,1-5H3. The largest absolute Gasteiger partial charge is 0.618 e. The number of rotatable bonds is 4. The first-order valence-corrected chi connectivity index (χ1v) is 20.5. The Balaban J connectivity index is 1.52. The second-order valence-electron chi connectivity index (χ2n) is 16.3. The molecule has 1 saturated carbocycles. The lowest BCUT2D eigenvalue weighted by Gasteiger charge is -2.50. The number of fused-ring (bicyclic) bond motifs is 4. The summed E-state index contributed by atoms with van der Waals surface area (Å²) in [5.74, 6) is -0.0969. The maximum atomic E-state index is 15.1. The van der Waals surface area contributed by atoms with Gasteiger partial charge in [-0.2, -0.15) is 23.2 Å². The normalized spacial score (nSPS) is 25.4. The van der Waals surface area contributed by atoms with Gasteiger partial charge in [0, 0.05) is 57.2 Å². The fourth-order valence-electron chi connectivity index (χ4n) is 8.73. The van der Waals surface area contributed by atoms with Crippen LogP contribution in [-0.4, -0.2) is 34.7 Å². The lowest BCUT2D eigenvalue weighted by Crippen LogP contribution is -2.52. The lowest BCUT2D eigenvalue weighted by molar-refractivity contribution is -0.627. The van der Waals surface area contributed by atoms with Crippen LogP contribution in [0.1, 0.15) is 135 Å². The van der Waals surface area contributed by atoms with Gasteiger partial charge in [0.25, 0.3) is 0 Å². The Labute approximate surface area is 282 Å². The molecule has 2 saturated heterocycles. The summed E-state index contributed by atoms with van der Waals surface area (Å²) in [6, 6.07) is 5.49. The van der Waals surface area contributed by atoms with Gasteiger partial charge in [0.1, 0.15) is 6.10 Å². The molecule has 3 aliphatic heterocycles. The highest BCUT2D eigenvalue weighted by Gasteiger charge is 2.58. The van der Waals surface area contributed by atoms with Crippen LogP contribution in [-0.2, 0) is 36.8 Å². The quantitative estimate of drug-likeness (QED) is 0.183. The predicted octanol–water partition coefficient (Wildman–Crippen LogP) is 8.41. The molecule has 48 heavy (non-hydrogen) atoms. The molecule has 2 unspecified atom stereocenters. The molecule has 3 fully saturated rings. The topological polar surface area (TPSA) is 87.7 Å². The molecule has 1 aromatic heterocycles. The van der Waals surface area contributed by atoms with Crippen molar-refractivity contribution < 1.29 is 36.5 Å². The van der Waals surface area contributed by atoms with Crippen LogP contribution in [0.25, 0.3) is 0 Å². The monoisotopic (exact) mass is 684 g/mol. The van der Waals surface area contributed by atoms with Crippen LogP contribution in [0.5, 0.6) is 0 Å². The second kappa shape index (κ2) is 11.8. The third-order valence-corrected chi connectivity index (χ3v) is 17.0. The van der Waals surface area contributed by atoms with E-state index in [1.165, 1.54) is 16.9 Å². The average molecular weight is 685 g/mol. The lowest BCUT2D eigenvalue weighted by atomic mass is 9.58. The van der Waals surface area contributed by atoms with Gasteiger partial charge < -0.3 is 23.8 Å². The number of halogens is 3. The molecule has 11 heteroatoms. The van der Waals surface area contributed by atoms with Crippen molar-refractivity contribution in [3.05, 3.63) is 68.2 Å². The molecule has 0 bridgehead atoms. The number of nitriles is 1. The Hall–Kier alpha value is -2.49. The molecule has 0 amide bonds. The highest BCUT2D eigenvalue weighted by molar-refractivity contribution is 6.74. The number of nitrogens with zero attached hydrogens (tertiary/aromatic N) is 2. The van der Waals surface area contributed by atoms with Crippen LogP contribution >= 0.6 is 0 Å². The van der Waals surface area contributed by atoms with Crippen molar-refractivity contribution >= 4 is 8.32 Å². The van der Waals surface area contributed by atoms with E-state index in [1.807, 2.05) is 0 Å². The third kappa shape index (κ3) is 5.50. The molecule has 2 atom stereocenters. The molecule has 2 aliphatic carbocycles. The molecule has 4 heterocycles. The van der Waals surface area contributed by atoms with Crippen LogP contribution in [0, 0.1) is 22.0 Å². The summed E-state index contributed by atoms with van der Waals surface area (Å²) in [5, 5.41) is 24.9. The fourth-order valence-corrected chi connectivity index (χ4v) is 10.00. The molecule has 0 N–H and O–H groups in total. The minimum absolute atomic E-state index is 0.0181. The van der Waals surface area contributed by atoms with Crippen molar-refractivity contribution in [3.63, 3.8) is 0 Å². The van der Waals surface area contributed by atoms with E-state index in [2.05, 4.69) is 33.9 Å². The summed E-state index contributed by atoms with van der Waals surface area (Å²) in [6.07, 6.45) is 1.46. The summed E-state index contributed by atoms with van der Waals surface area (Å²) >= 11 is 0. The van der Waals surface area contributed by atoms with E-state index in [9.17, 15) is 18.4 Å². The van der Waals surface area contributed by atoms with Gasteiger partial charge in [-0.05, 0) is 73.3 Å². The van der Waals surface area contributed by atoms with E-state index in [1.54, 1.807) is 6.07 Å². The van der Waals surface area contributed by atoms with Crippen LogP contribution in [0.4, 0.5) is 13.2 Å². The van der Waals surface area contributed by atoms with E-state index >= 15 is 5.21 Å². The Bertz CT molecular complexity index is 1630. The summed E-state index contributed by atoms with van der Waals surface area (Å²) < 4.78 is 69.0. The first-order valence-electron chi connectivity index (χ1n) is 17.5. The Morgan fingerprint density at radius 1 is 1.00 bits per heavy atom. The van der Waals surface area contributed by atoms with Crippen molar-refractivity contribution in [1.82, 2.24) is 0 Å². The van der Waals surface area contributed by atoms with E-state index in [4.69, 9.17) is 18.6 Å². The second-order valence-corrected chi connectivity index (χ2v) is 21.1. The van der Waals surface area contributed by atoms with Crippen LogP contribution in [0.2, 0.25) is 18.1 Å². The number of hydrogen-bond acceptors (Lipinski definition) is 6. The maximum absolute atomic E-state index is 15.1. The van der Waals surface area contributed by atoms with Crippen molar-refractivity contribution in [1.29, 1.82) is 5.26 Å². The summed E-state index contributed by atoms with van der Waals surface area (Å²) in [5.41, 5.74) is 2.37. The highest BCUT2D eigenvalue weighted by Crippen LogP contribution is 2.61. The highest BCUT2D eigenvalue weighted by atomic mass is 28.4. The van der Waals surface area contributed by atoms with Gasteiger partial charge in [0.2, 0.25) is 5.69 Å². The van der Waals surface area contributed by atoms with Gasteiger partial charge in [0.15, 0.2) is 14.0 Å². The number of ether oxygens (including phenoxy) is 3. The van der Waals surface area contributed by atoms with Gasteiger partial charge in [-0.3, -0.25) is 0 Å². The first-order chi connectivity index (χ1) is 22.6. The van der Waals surface area contributed by atoms with Crippen LogP contribution in [0.3, 0.4) is 0 Å². The van der Waals surface area contributed by atoms with Crippen molar-refractivity contribution in [3.8, 4) is 6.07 Å². The summed E-state index contributed by atoms with van der Waals surface area (Å²) in [6.45, 7) is 13.2. The molecular formula is C37H47F3N2O5Si. The van der Waals surface area contributed by atoms with Gasteiger partial charge in [-0.1, -0.05) is 33.3 Å². The van der Waals surface area contributed by atoms with E-state index in [-0.39, 0.29) is 22.5 Å². The zero-order valence-electron chi connectivity index (χ0n) is 28.7. The summed E-state index contributed by atoms with van der Waals surface area (Å²) in [7, 11) is -2.32. The molecule has 7 rings (SSSR count). The number of pyridine rings is 1. The van der Waals surface area contributed by atoms with Crippen LogP contribution in [0.15, 0.2) is 18.2 Å². The van der Waals surface area contributed by atoms with Gasteiger partial charge >= 0.3 is 6.18 Å². The molecule has 7 nitrogen and oxygen atoms in total. The summed E-state index contributed by atoms with van der Waals surface area (Å²) in [4.78, 5) is 0. The number of hydrogen-bond donors (Lipinski definition) is 0. The van der Waals surface area contributed by atoms with E-state index < -0.39 is 37.3 Å². The Morgan fingerprint density at radius 2 is 1.67 bits per heavy atom. The number of benzene rings is 1. The first kappa shape index (κ1) is 34.0. The average Bonchev–Trinajstić information content (AvgIpc) is 3.32. The van der Waals surface area contributed by atoms with Crippen molar-refractivity contribution in [2.75, 3.05) is 26.4 Å². The smallest absolute Gasteiger partial charge is 0.417 e.